The van der Waals surface area contributed by atoms with E-state index in [2.05, 4.69) is 15.5 Å². The van der Waals surface area contributed by atoms with Gasteiger partial charge in [0.1, 0.15) is 6.04 Å². The summed E-state index contributed by atoms with van der Waals surface area (Å²) in [6, 6.07) is -0.892. The molecule has 1 aromatic heterocycles. The molecule has 0 aliphatic heterocycles. The van der Waals surface area contributed by atoms with Gasteiger partial charge in [-0.05, 0) is 13.8 Å². The fourth-order valence-electron chi connectivity index (χ4n) is 1.04. The van der Waals surface area contributed by atoms with Crippen molar-refractivity contribution in [2.24, 2.45) is 0 Å². The van der Waals surface area contributed by atoms with E-state index in [1.165, 1.54) is 6.92 Å². The number of aromatic nitrogens is 2. The van der Waals surface area contributed by atoms with Crippen molar-refractivity contribution >= 4 is 11.9 Å². The molecule has 0 radical (unpaired) electrons. The summed E-state index contributed by atoms with van der Waals surface area (Å²) in [6.07, 6.45) is 0.429. The number of nitrogens with one attached hydrogen (secondary N) is 1. The number of amides is 1. The second kappa shape index (κ2) is 5.24. The van der Waals surface area contributed by atoms with Crippen LogP contribution in [0, 0.1) is 6.92 Å². The maximum Gasteiger partial charge on any atom is 0.325 e. The topological polar surface area (TPSA) is 105 Å². The largest absolute Gasteiger partial charge is 0.480 e. The first-order valence-corrected chi connectivity index (χ1v) is 4.80. The van der Waals surface area contributed by atoms with Crippen molar-refractivity contribution < 1.29 is 19.2 Å². The number of carboxylic acid groups (broad SMARTS) is 1. The third-order valence-corrected chi connectivity index (χ3v) is 1.88. The highest BCUT2D eigenvalue weighted by atomic mass is 16.5. The van der Waals surface area contributed by atoms with Crippen LogP contribution in [0.5, 0.6) is 0 Å². The van der Waals surface area contributed by atoms with Crippen molar-refractivity contribution in [3.05, 3.63) is 11.7 Å². The van der Waals surface area contributed by atoms with Gasteiger partial charge in [-0.1, -0.05) is 5.16 Å². The lowest BCUT2D eigenvalue weighted by molar-refractivity contribution is -0.141. The van der Waals surface area contributed by atoms with E-state index in [0.717, 1.165) is 0 Å². The molecule has 0 saturated carbocycles. The Morgan fingerprint density at radius 3 is 2.75 bits per heavy atom. The van der Waals surface area contributed by atoms with E-state index < -0.39 is 12.0 Å². The van der Waals surface area contributed by atoms with Gasteiger partial charge in [0.2, 0.25) is 11.8 Å². The fourth-order valence-corrected chi connectivity index (χ4v) is 1.04. The molecule has 0 aliphatic carbocycles. The molecule has 1 heterocycles. The number of carbonyl (C=O) groups is 2. The van der Waals surface area contributed by atoms with Crippen LogP contribution in [0.25, 0.3) is 0 Å². The van der Waals surface area contributed by atoms with Gasteiger partial charge in [-0.3, -0.25) is 9.59 Å². The highest BCUT2D eigenvalue weighted by molar-refractivity contribution is 5.83. The van der Waals surface area contributed by atoms with Gasteiger partial charge in [-0.2, -0.15) is 4.98 Å². The standard InChI is InChI=1S/C9H13N3O4/c1-5(9(14)15)10-7(13)3-4-8-11-6(2)12-16-8/h5H,3-4H2,1-2H3,(H,10,13)(H,14,15)/t5-/m1/s1. The Hall–Kier alpha value is -1.92. The van der Waals surface area contributed by atoms with Gasteiger partial charge in [0.05, 0.1) is 0 Å². The van der Waals surface area contributed by atoms with Gasteiger partial charge in [0.25, 0.3) is 0 Å². The van der Waals surface area contributed by atoms with E-state index in [-0.39, 0.29) is 12.3 Å². The minimum Gasteiger partial charge on any atom is -0.480 e. The van der Waals surface area contributed by atoms with Crippen LogP contribution >= 0.6 is 0 Å². The molecule has 0 fully saturated rings. The van der Waals surface area contributed by atoms with Crippen LogP contribution in [0.2, 0.25) is 0 Å². The highest BCUT2D eigenvalue weighted by Gasteiger charge is 2.14. The normalized spacial score (nSPS) is 12.1. The number of carboxylic acids is 1. The SMILES string of the molecule is Cc1noc(CCC(=O)N[C@H](C)C(=O)O)n1. The van der Waals surface area contributed by atoms with Crippen LogP contribution in [0.1, 0.15) is 25.1 Å². The van der Waals surface area contributed by atoms with Gasteiger partial charge < -0.3 is 14.9 Å². The van der Waals surface area contributed by atoms with E-state index in [9.17, 15) is 9.59 Å². The van der Waals surface area contributed by atoms with Gasteiger partial charge in [0.15, 0.2) is 5.82 Å². The van der Waals surface area contributed by atoms with Crippen molar-refractivity contribution in [3.8, 4) is 0 Å². The lowest BCUT2D eigenvalue weighted by Crippen LogP contribution is -2.38. The number of carbonyl (C=O) groups excluding carboxylic acids is 1. The molecular weight excluding hydrogens is 214 g/mol. The predicted octanol–water partition coefficient (Wildman–Crippen LogP) is -0.100. The molecular formula is C9H13N3O4. The maximum absolute atomic E-state index is 11.3. The Labute approximate surface area is 91.8 Å². The van der Waals surface area contributed by atoms with E-state index >= 15 is 0 Å². The number of aliphatic carboxylic acids is 1. The van der Waals surface area contributed by atoms with Crippen molar-refractivity contribution in [2.75, 3.05) is 0 Å². The molecule has 2 N–H and O–H groups in total. The van der Waals surface area contributed by atoms with E-state index in [0.29, 0.717) is 18.1 Å². The molecule has 0 aliphatic rings. The number of rotatable bonds is 5. The first-order valence-electron chi connectivity index (χ1n) is 4.80. The molecule has 88 valence electrons. The molecule has 0 saturated heterocycles. The first kappa shape index (κ1) is 12.2. The first-order chi connectivity index (χ1) is 7.49. The molecule has 7 heteroatoms. The Morgan fingerprint density at radius 1 is 1.56 bits per heavy atom. The van der Waals surface area contributed by atoms with Crippen LogP contribution in [0.3, 0.4) is 0 Å². The summed E-state index contributed by atoms with van der Waals surface area (Å²) >= 11 is 0. The average Bonchev–Trinajstić information content (AvgIpc) is 2.61. The summed E-state index contributed by atoms with van der Waals surface area (Å²) in [6.45, 7) is 3.08. The Kier molecular flexibility index (Phi) is 3.98. The molecule has 0 spiro atoms. The summed E-state index contributed by atoms with van der Waals surface area (Å²) in [4.78, 5) is 25.7. The zero-order valence-electron chi connectivity index (χ0n) is 9.06. The zero-order chi connectivity index (χ0) is 12.1. The summed E-state index contributed by atoms with van der Waals surface area (Å²) in [5, 5.41) is 14.5. The number of nitrogens with zero attached hydrogens (tertiary/aromatic N) is 2. The number of aryl methyl sites for hydroxylation is 2. The van der Waals surface area contributed by atoms with Crippen molar-refractivity contribution in [2.45, 2.75) is 32.7 Å². The van der Waals surface area contributed by atoms with E-state index in [4.69, 9.17) is 9.63 Å². The molecule has 1 aromatic rings. The summed E-state index contributed by atoms with van der Waals surface area (Å²) in [7, 11) is 0. The zero-order valence-corrected chi connectivity index (χ0v) is 9.06. The monoisotopic (exact) mass is 227 g/mol. The van der Waals surface area contributed by atoms with Gasteiger partial charge in [-0.15, -0.1) is 0 Å². The third-order valence-electron chi connectivity index (χ3n) is 1.88. The summed E-state index contributed by atoms with van der Waals surface area (Å²) in [5.41, 5.74) is 0. The second-order valence-corrected chi connectivity index (χ2v) is 3.36. The molecule has 1 rings (SSSR count). The molecule has 0 unspecified atom stereocenters. The molecule has 0 aromatic carbocycles. The quantitative estimate of drug-likeness (QED) is 0.727. The highest BCUT2D eigenvalue weighted by Crippen LogP contribution is 2.00. The Balaban J connectivity index is 2.33. The van der Waals surface area contributed by atoms with Gasteiger partial charge in [0, 0.05) is 12.8 Å². The smallest absolute Gasteiger partial charge is 0.325 e. The second-order valence-electron chi connectivity index (χ2n) is 3.36. The minimum atomic E-state index is -1.07. The van der Waals surface area contributed by atoms with Gasteiger partial charge in [-0.25, -0.2) is 0 Å². The molecule has 0 bridgehead atoms. The summed E-state index contributed by atoms with van der Waals surface area (Å²) < 4.78 is 4.81. The average molecular weight is 227 g/mol. The Morgan fingerprint density at radius 2 is 2.25 bits per heavy atom. The van der Waals surface area contributed by atoms with E-state index in [1.807, 2.05) is 0 Å². The molecule has 16 heavy (non-hydrogen) atoms. The molecule has 7 nitrogen and oxygen atoms in total. The van der Waals surface area contributed by atoms with Gasteiger partial charge >= 0.3 is 5.97 Å². The lowest BCUT2D eigenvalue weighted by atomic mass is 10.2. The van der Waals surface area contributed by atoms with Crippen LogP contribution in [0.4, 0.5) is 0 Å². The van der Waals surface area contributed by atoms with Crippen LogP contribution in [-0.4, -0.2) is 33.2 Å². The number of hydrogen-bond donors (Lipinski definition) is 2. The Bertz CT molecular complexity index is 388. The predicted molar refractivity (Wildman–Crippen MR) is 52.6 cm³/mol. The number of hydrogen-bond acceptors (Lipinski definition) is 5. The third kappa shape index (κ3) is 3.68. The van der Waals surface area contributed by atoms with Crippen LogP contribution < -0.4 is 5.32 Å². The van der Waals surface area contributed by atoms with Crippen LogP contribution in [-0.2, 0) is 16.0 Å². The molecule has 1 atom stereocenters. The van der Waals surface area contributed by atoms with Crippen molar-refractivity contribution in [1.82, 2.24) is 15.5 Å². The van der Waals surface area contributed by atoms with Crippen LogP contribution in [0.15, 0.2) is 4.52 Å². The van der Waals surface area contributed by atoms with Crippen molar-refractivity contribution in [1.29, 1.82) is 0 Å². The van der Waals surface area contributed by atoms with Crippen molar-refractivity contribution in [3.63, 3.8) is 0 Å². The molecule has 1 amide bonds. The minimum absolute atomic E-state index is 0.124. The van der Waals surface area contributed by atoms with E-state index in [1.54, 1.807) is 6.92 Å². The maximum atomic E-state index is 11.3. The lowest BCUT2D eigenvalue weighted by Gasteiger charge is -2.07. The summed E-state index contributed by atoms with van der Waals surface area (Å²) in [5.74, 6) is -0.544. The fraction of sp³-hybridized carbons (Fsp3) is 0.556.